The second-order valence-electron chi connectivity index (χ2n) is 4.90. The summed E-state index contributed by atoms with van der Waals surface area (Å²) in [6.45, 7) is 6.27. The van der Waals surface area contributed by atoms with Crippen LogP contribution in [-0.2, 0) is 13.0 Å². The number of imidazole rings is 1. The number of nitrogens with zero attached hydrogens (tertiary/aromatic N) is 3. The quantitative estimate of drug-likeness (QED) is 0.933. The van der Waals surface area contributed by atoms with E-state index in [9.17, 15) is 0 Å². The van der Waals surface area contributed by atoms with Crippen molar-refractivity contribution < 1.29 is 0 Å². The Hall–Kier alpha value is -1.20. The normalized spacial score (nSPS) is 18.5. The first kappa shape index (κ1) is 12.8. The molecule has 102 valence electrons. The van der Waals surface area contributed by atoms with Crippen molar-refractivity contribution in [3.63, 3.8) is 0 Å². The van der Waals surface area contributed by atoms with Crippen molar-refractivity contribution in [2.24, 2.45) is 0 Å². The van der Waals surface area contributed by atoms with E-state index in [-0.39, 0.29) is 0 Å². The molecule has 0 bridgehead atoms. The van der Waals surface area contributed by atoms with Crippen molar-refractivity contribution in [1.82, 2.24) is 19.9 Å². The van der Waals surface area contributed by atoms with Gasteiger partial charge in [0.05, 0.1) is 23.9 Å². The van der Waals surface area contributed by atoms with E-state index in [2.05, 4.69) is 28.7 Å². The minimum atomic E-state index is 0.498. The first-order valence-corrected chi connectivity index (χ1v) is 7.88. The molecule has 2 aromatic heterocycles. The zero-order valence-corrected chi connectivity index (χ0v) is 12.3. The van der Waals surface area contributed by atoms with Crippen LogP contribution in [0.2, 0.25) is 0 Å². The van der Waals surface area contributed by atoms with Gasteiger partial charge in [0.25, 0.3) is 0 Å². The Bertz CT molecular complexity index is 558. The molecule has 1 unspecified atom stereocenters. The lowest BCUT2D eigenvalue weighted by atomic mass is 9.98. The second kappa shape index (κ2) is 5.43. The number of aromatic nitrogens is 3. The van der Waals surface area contributed by atoms with Gasteiger partial charge in [0, 0.05) is 17.5 Å². The molecule has 3 rings (SSSR count). The Morgan fingerprint density at radius 2 is 2.37 bits per heavy atom. The smallest absolute Gasteiger partial charge is 0.142 e. The van der Waals surface area contributed by atoms with E-state index in [0.717, 1.165) is 30.2 Å². The molecule has 0 radical (unpaired) electrons. The molecule has 5 heteroatoms. The molecule has 0 spiro atoms. The summed E-state index contributed by atoms with van der Waals surface area (Å²) in [6.07, 6.45) is 7.40. The Kier molecular flexibility index (Phi) is 3.66. The van der Waals surface area contributed by atoms with E-state index in [1.807, 2.05) is 23.9 Å². The third-order valence-electron chi connectivity index (χ3n) is 3.67. The van der Waals surface area contributed by atoms with Gasteiger partial charge in [-0.05, 0) is 32.7 Å². The number of hydrogen-bond donors (Lipinski definition) is 1. The van der Waals surface area contributed by atoms with Gasteiger partial charge in [0.2, 0.25) is 0 Å². The van der Waals surface area contributed by atoms with Crippen molar-refractivity contribution in [1.29, 1.82) is 0 Å². The van der Waals surface area contributed by atoms with Gasteiger partial charge in [-0.15, -0.1) is 11.3 Å². The van der Waals surface area contributed by atoms with Crippen molar-refractivity contribution >= 4 is 11.3 Å². The van der Waals surface area contributed by atoms with E-state index in [4.69, 9.17) is 4.98 Å². The molecule has 0 saturated carbocycles. The largest absolute Gasteiger partial charge is 0.329 e. The molecule has 0 amide bonds. The van der Waals surface area contributed by atoms with E-state index in [1.54, 1.807) is 0 Å². The minimum Gasteiger partial charge on any atom is -0.329 e. The number of rotatable bonds is 4. The number of fused-ring (bicyclic) bond motifs is 1. The van der Waals surface area contributed by atoms with Crippen LogP contribution in [0.1, 0.15) is 43.3 Å². The third kappa shape index (κ3) is 2.32. The second-order valence-corrected chi connectivity index (χ2v) is 5.93. The number of thiazole rings is 1. The molecular formula is C14H20N4S. The first-order chi connectivity index (χ1) is 9.33. The third-order valence-corrected chi connectivity index (χ3v) is 4.91. The molecule has 1 aliphatic rings. The molecule has 0 aliphatic heterocycles. The lowest BCUT2D eigenvalue weighted by Crippen LogP contribution is -2.23. The van der Waals surface area contributed by atoms with Gasteiger partial charge in [-0.3, -0.25) is 0 Å². The van der Waals surface area contributed by atoms with Crippen LogP contribution in [0.4, 0.5) is 0 Å². The average Bonchev–Trinajstić information content (AvgIpc) is 3.05. The van der Waals surface area contributed by atoms with Crippen LogP contribution in [0.5, 0.6) is 0 Å². The summed E-state index contributed by atoms with van der Waals surface area (Å²) in [7, 11) is 0. The van der Waals surface area contributed by atoms with Crippen LogP contribution in [0, 0.1) is 0 Å². The van der Waals surface area contributed by atoms with Gasteiger partial charge in [-0.2, -0.15) is 0 Å². The van der Waals surface area contributed by atoms with Crippen molar-refractivity contribution in [3.05, 3.63) is 23.1 Å². The monoisotopic (exact) mass is 276 g/mol. The van der Waals surface area contributed by atoms with Crippen molar-refractivity contribution in [2.75, 3.05) is 6.54 Å². The van der Waals surface area contributed by atoms with Crippen LogP contribution >= 0.6 is 11.3 Å². The van der Waals surface area contributed by atoms with Crippen LogP contribution in [0.25, 0.3) is 10.7 Å². The molecule has 2 heterocycles. The van der Waals surface area contributed by atoms with Gasteiger partial charge in [0.1, 0.15) is 5.01 Å². The number of aryl methyl sites for hydroxylation is 2. The minimum absolute atomic E-state index is 0.498. The molecule has 0 aromatic carbocycles. The lowest BCUT2D eigenvalue weighted by Gasteiger charge is -2.21. The lowest BCUT2D eigenvalue weighted by molar-refractivity contribution is 0.476. The Labute approximate surface area is 117 Å². The summed E-state index contributed by atoms with van der Waals surface area (Å²) < 4.78 is 2.16. The number of nitrogens with one attached hydrogen (secondary N) is 1. The first-order valence-electron chi connectivity index (χ1n) is 7.07. The van der Waals surface area contributed by atoms with E-state index in [0.29, 0.717) is 6.04 Å². The molecule has 0 fully saturated rings. The predicted octanol–water partition coefficient (Wildman–Crippen LogP) is 3.01. The average molecular weight is 276 g/mol. The molecule has 1 aliphatic carbocycles. The maximum Gasteiger partial charge on any atom is 0.142 e. The van der Waals surface area contributed by atoms with Gasteiger partial charge in [0.15, 0.2) is 0 Å². The Balaban J connectivity index is 1.97. The fraction of sp³-hybridized carbons (Fsp3) is 0.571. The summed E-state index contributed by atoms with van der Waals surface area (Å²) in [5.74, 6) is 0. The van der Waals surface area contributed by atoms with E-state index in [1.165, 1.54) is 23.4 Å². The summed E-state index contributed by atoms with van der Waals surface area (Å²) in [5, 5.41) is 4.70. The maximum absolute atomic E-state index is 4.85. The Morgan fingerprint density at radius 1 is 1.47 bits per heavy atom. The predicted molar refractivity (Wildman–Crippen MR) is 78.4 cm³/mol. The molecular weight excluding hydrogens is 256 g/mol. The molecule has 1 N–H and O–H groups in total. The van der Waals surface area contributed by atoms with Crippen LogP contribution in [-0.4, -0.2) is 21.1 Å². The zero-order chi connectivity index (χ0) is 13.2. The highest BCUT2D eigenvalue weighted by molar-refractivity contribution is 7.15. The standard InChI is InChI=1S/C14H20N4S/c1-3-16-10-6-5-7-11-13(10)19-14(17-11)12-8-15-9-18(12)4-2/h8-10,16H,3-7H2,1-2H3. The zero-order valence-electron chi connectivity index (χ0n) is 11.5. The molecule has 2 aromatic rings. The van der Waals surface area contributed by atoms with Crippen LogP contribution in [0.15, 0.2) is 12.5 Å². The van der Waals surface area contributed by atoms with E-state index < -0.39 is 0 Å². The van der Waals surface area contributed by atoms with E-state index >= 15 is 0 Å². The Morgan fingerprint density at radius 3 is 3.16 bits per heavy atom. The fourth-order valence-electron chi connectivity index (χ4n) is 2.72. The maximum atomic E-state index is 4.85. The van der Waals surface area contributed by atoms with Gasteiger partial charge in [-0.1, -0.05) is 6.92 Å². The molecule has 0 saturated heterocycles. The van der Waals surface area contributed by atoms with Crippen molar-refractivity contribution in [2.45, 2.75) is 45.7 Å². The van der Waals surface area contributed by atoms with Crippen molar-refractivity contribution in [3.8, 4) is 10.7 Å². The highest BCUT2D eigenvalue weighted by Gasteiger charge is 2.24. The summed E-state index contributed by atoms with van der Waals surface area (Å²) in [6, 6.07) is 0.498. The van der Waals surface area contributed by atoms with Crippen LogP contribution in [0.3, 0.4) is 0 Å². The van der Waals surface area contributed by atoms with Gasteiger partial charge < -0.3 is 9.88 Å². The fourth-order valence-corrected chi connectivity index (χ4v) is 3.97. The SMILES string of the molecule is CCNC1CCCc2nc(-c3cncn3CC)sc21. The molecule has 19 heavy (non-hydrogen) atoms. The van der Waals surface area contributed by atoms with Gasteiger partial charge in [-0.25, -0.2) is 9.97 Å². The highest BCUT2D eigenvalue weighted by Crippen LogP contribution is 2.37. The molecule has 1 atom stereocenters. The highest BCUT2D eigenvalue weighted by atomic mass is 32.1. The molecule has 4 nitrogen and oxygen atoms in total. The van der Waals surface area contributed by atoms with Gasteiger partial charge >= 0.3 is 0 Å². The van der Waals surface area contributed by atoms with Crippen LogP contribution < -0.4 is 5.32 Å². The summed E-state index contributed by atoms with van der Waals surface area (Å²) in [4.78, 5) is 10.5. The topological polar surface area (TPSA) is 42.7 Å². The summed E-state index contributed by atoms with van der Waals surface area (Å²) >= 11 is 1.84. The number of hydrogen-bond acceptors (Lipinski definition) is 4. The summed E-state index contributed by atoms with van der Waals surface area (Å²) in [5.41, 5.74) is 2.44.